The lowest BCUT2D eigenvalue weighted by molar-refractivity contribution is 0.608. The van der Waals surface area contributed by atoms with E-state index in [1.54, 1.807) is 0 Å². The van der Waals surface area contributed by atoms with Gasteiger partial charge in [0.1, 0.15) is 22.1 Å². The topological polar surface area (TPSA) is 95.6 Å². The molecule has 0 radical (unpaired) electrons. The summed E-state index contributed by atoms with van der Waals surface area (Å²) >= 11 is 7.46. The molecule has 0 fully saturated rings. The predicted octanol–water partition coefficient (Wildman–Crippen LogP) is 3.66. The van der Waals surface area contributed by atoms with Gasteiger partial charge in [0, 0.05) is 20.1 Å². The molecule has 1 aliphatic rings. The molecule has 0 saturated carbocycles. The molecular formula is C22H10Br2F2N4OS. The van der Waals surface area contributed by atoms with E-state index in [0.29, 0.717) is 8.95 Å². The van der Waals surface area contributed by atoms with Crippen molar-refractivity contribution in [2.75, 3.05) is 0 Å². The van der Waals surface area contributed by atoms with Crippen molar-refractivity contribution in [3.63, 3.8) is 0 Å². The van der Waals surface area contributed by atoms with Crippen LogP contribution in [0, 0.1) is 34.3 Å². The number of rotatable bonds is 2. The lowest BCUT2D eigenvalue weighted by atomic mass is 9.84. The van der Waals surface area contributed by atoms with Crippen molar-refractivity contribution in [2.24, 2.45) is 5.73 Å². The minimum absolute atomic E-state index is 0.00390. The maximum Gasteiger partial charge on any atom is 0.274 e. The number of hydrogen-bond donors (Lipinski definition) is 1. The Balaban J connectivity index is 2.10. The zero-order valence-corrected chi connectivity index (χ0v) is 19.9. The number of halogens is 4. The van der Waals surface area contributed by atoms with Gasteiger partial charge in [-0.2, -0.15) is 10.5 Å². The first-order chi connectivity index (χ1) is 15.3. The molecule has 2 N–H and O–H groups in total. The second-order valence-electron chi connectivity index (χ2n) is 6.76. The number of nitrogens with zero attached hydrogens (tertiary/aromatic N) is 3. The Bertz CT molecular complexity index is 1590. The Labute approximate surface area is 200 Å². The molecular weight excluding hydrogens is 566 g/mol. The van der Waals surface area contributed by atoms with Crippen molar-refractivity contribution < 1.29 is 8.78 Å². The van der Waals surface area contributed by atoms with E-state index < -0.39 is 23.1 Å². The number of aromatic nitrogens is 1. The van der Waals surface area contributed by atoms with Gasteiger partial charge in [-0.05, 0) is 42.5 Å². The van der Waals surface area contributed by atoms with Crippen LogP contribution in [0.5, 0.6) is 0 Å². The molecule has 0 aliphatic carbocycles. The van der Waals surface area contributed by atoms with Crippen LogP contribution >= 0.6 is 43.2 Å². The van der Waals surface area contributed by atoms with Gasteiger partial charge < -0.3 is 5.73 Å². The Morgan fingerprint density at radius 2 is 1.66 bits per heavy atom. The summed E-state index contributed by atoms with van der Waals surface area (Å²) in [5, 5.41) is 19.7. The SMILES string of the molecule is N#CC1=C(N)n2c(sc(=Cc3cc(Br)ccc3F)c2=O)=C(C#N)C1c1cc(Br)ccc1F. The fourth-order valence-electron chi connectivity index (χ4n) is 3.46. The molecule has 1 aliphatic heterocycles. The van der Waals surface area contributed by atoms with E-state index >= 15 is 0 Å². The minimum Gasteiger partial charge on any atom is -0.384 e. The number of thiazole rings is 1. The summed E-state index contributed by atoms with van der Waals surface area (Å²) in [5.41, 5.74) is 5.69. The molecule has 2 heterocycles. The van der Waals surface area contributed by atoms with E-state index in [0.717, 1.165) is 15.9 Å². The fraction of sp³-hybridized carbons (Fsp3) is 0.0455. The van der Waals surface area contributed by atoms with Crippen LogP contribution in [-0.4, -0.2) is 4.57 Å². The Morgan fingerprint density at radius 3 is 2.31 bits per heavy atom. The molecule has 4 rings (SSSR count). The first kappa shape index (κ1) is 22.2. The Morgan fingerprint density at radius 1 is 1.03 bits per heavy atom. The third kappa shape index (κ3) is 3.61. The lowest BCUT2D eigenvalue weighted by Crippen LogP contribution is -2.38. The maximum atomic E-state index is 14.7. The zero-order chi connectivity index (χ0) is 23.2. The molecule has 158 valence electrons. The number of hydrogen-bond acceptors (Lipinski definition) is 5. The average molecular weight is 576 g/mol. The van der Waals surface area contributed by atoms with E-state index in [4.69, 9.17) is 5.73 Å². The third-order valence-corrected chi connectivity index (χ3v) is 7.00. The van der Waals surface area contributed by atoms with Crippen molar-refractivity contribution in [1.29, 1.82) is 10.5 Å². The summed E-state index contributed by atoms with van der Waals surface area (Å²) in [4.78, 5) is 13.1. The Hall–Kier alpha value is -3.05. The van der Waals surface area contributed by atoms with E-state index in [2.05, 4.69) is 31.9 Å². The van der Waals surface area contributed by atoms with Gasteiger partial charge in [0.25, 0.3) is 5.56 Å². The summed E-state index contributed by atoms with van der Waals surface area (Å²) in [5.74, 6) is -2.44. The van der Waals surface area contributed by atoms with Gasteiger partial charge in [0.05, 0.1) is 33.7 Å². The van der Waals surface area contributed by atoms with Crippen molar-refractivity contribution in [3.05, 3.63) is 93.2 Å². The summed E-state index contributed by atoms with van der Waals surface area (Å²) in [6.45, 7) is 0. The number of benzene rings is 2. The smallest absolute Gasteiger partial charge is 0.274 e. The number of fused-ring (bicyclic) bond motifs is 1. The lowest BCUT2D eigenvalue weighted by Gasteiger charge is -2.22. The standard InChI is InChI=1S/C22H10Br2F2N4OS/c23-11-1-3-16(25)10(5-11)6-18-21(31)30-20(29)14(8-27)19(15(9-28)22(30)32-18)13-7-12(24)2-4-17(13)26/h1-7,19H,29H2. The highest BCUT2D eigenvalue weighted by atomic mass is 79.9. The van der Waals surface area contributed by atoms with E-state index in [9.17, 15) is 24.1 Å². The van der Waals surface area contributed by atoms with Gasteiger partial charge >= 0.3 is 0 Å². The van der Waals surface area contributed by atoms with Gasteiger partial charge in [0.15, 0.2) is 0 Å². The molecule has 0 amide bonds. The van der Waals surface area contributed by atoms with Crippen molar-refractivity contribution in [3.8, 4) is 12.1 Å². The van der Waals surface area contributed by atoms with Gasteiger partial charge in [0.2, 0.25) is 0 Å². The molecule has 3 aromatic rings. The van der Waals surface area contributed by atoms with Crippen molar-refractivity contribution in [2.45, 2.75) is 5.92 Å². The normalized spacial score (nSPS) is 16.0. The van der Waals surface area contributed by atoms with Crippen molar-refractivity contribution in [1.82, 2.24) is 4.57 Å². The molecule has 1 aromatic heterocycles. The molecule has 5 nitrogen and oxygen atoms in total. The predicted molar refractivity (Wildman–Crippen MR) is 124 cm³/mol. The molecule has 1 unspecified atom stereocenters. The molecule has 10 heteroatoms. The fourth-order valence-corrected chi connectivity index (χ4v) is 5.34. The highest BCUT2D eigenvalue weighted by Gasteiger charge is 2.33. The molecule has 0 bridgehead atoms. The minimum atomic E-state index is -1.09. The number of allylic oxidation sites excluding steroid dienone is 1. The third-order valence-electron chi connectivity index (χ3n) is 4.90. The maximum absolute atomic E-state index is 14.7. The second-order valence-corrected chi connectivity index (χ2v) is 9.62. The van der Waals surface area contributed by atoms with Gasteiger partial charge in [-0.3, -0.25) is 9.36 Å². The summed E-state index contributed by atoms with van der Waals surface area (Å²) in [7, 11) is 0. The van der Waals surface area contributed by atoms with Gasteiger partial charge in [-0.25, -0.2) is 8.78 Å². The first-order valence-electron chi connectivity index (χ1n) is 8.94. The molecule has 0 saturated heterocycles. The van der Waals surface area contributed by atoms with Crippen LogP contribution in [0.1, 0.15) is 17.0 Å². The van der Waals surface area contributed by atoms with Crippen LogP contribution in [0.4, 0.5) is 8.78 Å². The number of nitrogens with two attached hydrogens (primary N) is 1. The second kappa shape index (κ2) is 8.47. The first-order valence-corrected chi connectivity index (χ1v) is 11.3. The quantitative estimate of drug-likeness (QED) is 0.504. The molecule has 1 atom stereocenters. The largest absolute Gasteiger partial charge is 0.384 e. The average Bonchev–Trinajstić information content (AvgIpc) is 3.08. The molecule has 2 aromatic carbocycles. The zero-order valence-electron chi connectivity index (χ0n) is 15.9. The monoisotopic (exact) mass is 574 g/mol. The molecule has 0 spiro atoms. The summed E-state index contributed by atoms with van der Waals surface area (Å²) in [6, 6.07) is 12.4. The van der Waals surface area contributed by atoms with Crippen LogP contribution in [0.15, 0.2) is 55.7 Å². The highest BCUT2D eigenvalue weighted by Crippen LogP contribution is 2.37. The van der Waals surface area contributed by atoms with Crippen LogP contribution in [0.25, 0.3) is 17.5 Å². The van der Waals surface area contributed by atoms with Crippen LogP contribution in [-0.2, 0) is 0 Å². The highest BCUT2D eigenvalue weighted by molar-refractivity contribution is 9.10. The Kier molecular flexibility index (Phi) is 5.87. The summed E-state index contributed by atoms with van der Waals surface area (Å²) < 4.78 is 31.4. The van der Waals surface area contributed by atoms with Crippen LogP contribution in [0.3, 0.4) is 0 Å². The van der Waals surface area contributed by atoms with E-state index in [1.807, 2.05) is 12.1 Å². The van der Waals surface area contributed by atoms with E-state index in [-0.39, 0.29) is 37.3 Å². The van der Waals surface area contributed by atoms with Crippen LogP contribution < -0.4 is 20.5 Å². The van der Waals surface area contributed by atoms with Gasteiger partial charge in [-0.1, -0.05) is 31.9 Å². The summed E-state index contributed by atoms with van der Waals surface area (Å²) in [6.07, 6.45) is 1.35. The molecule has 32 heavy (non-hydrogen) atoms. The van der Waals surface area contributed by atoms with Crippen LogP contribution in [0.2, 0.25) is 0 Å². The number of nitriles is 2. The van der Waals surface area contributed by atoms with Crippen molar-refractivity contribution >= 4 is 60.7 Å². The van der Waals surface area contributed by atoms with Gasteiger partial charge in [-0.15, -0.1) is 11.3 Å². The van der Waals surface area contributed by atoms with E-state index in [1.165, 1.54) is 42.5 Å².